The fraction of sp³-hybridized carbons (Fsp3) is 0.154. The summed E-state index contributed by atoms with van der Waals surface area (Å²) < 4.78 is 28.7. The molecule has 0 saturated carbocycles. The number of aryl methyl sites for hydroxylation is 1. The fourth-order valence-corrected chi connectivity index (χ4v) is 2.70. The summed E-state index contributed by atoms with van der Waals surface area (Å²) in [5.41, 5.74) is 7.30. The third-order valence-corrected chi connectivity index (χ3v) is 3.89. The Hall–Kier alpha value is -2.15. The van der Waals surface area contributed by atoms with Gasteiger partial charge in [0.25, 0.3) is 0 Å². The van der Waals surface area contributed by atoms with Gasteiger partial charge in [0, 0.05) is 31.0 Å². The van der Waals surface area contributed by atoms with Crippen LogP contribution in [0.1, 0.15) is 5.56 Å². The second kappa shape index (κ2) is 5.87. The van der Waals surface area contributed by atoms with Gasteiger partial charge in [-0.1, -0.05) is 0 Å². The van der Waals surface area contributed by atoms with E-state index in [0.717, 1.165) is 5.56 Å². The number of fused-ring (bicyclic) bond motifs is 1. The summed E-state index contributed by atoms with van der Waals surface area (Å²) in [6, 6.07) is 2.87. The Balaban J connectivity index is 2.40. The molecule has 2 aromatic rings. The zero-order chi connectivity index (χ0) is 14.7. The van der Waals surface area contributed by atoms with E-state index >= 15 is 0 Å². The van der Waals surface area contributed by atoms with Crippen molar-refractivity contribution in [2.24, 2.45) is 10.7 Å². The second-order valence-electron chi connectivity index (χ2n) is 4.14. The lowest BCUT2D eigenvalue weighted by molar-refractivity contribution is 0.639. The number of nitrogens with two attached hydrogens (primary N) is 1. The third-order valence-electron chi connectivity index (χ3n) is 2.82. The van der Waals surface area contributed by atoms with Crippen LogP contribution in [0, 0.1) is 12.7 Å². The number of aromatic nitrogens is 1. The van der Waals surface area contributed by atoms with Gasteiger partial charge >= 0.3 is 0 Å². The number of aromatic amines is 1. The number of hydrogen-bond acceptors (Lipinski definition) is 3. The van der Waals surface area contributed by atoms with Crippen molar-refractivity contribution in [1.29, 1.82) is 0 Å². The number of allylic oxidation sites excluding steroid dienone is 1. The molecule has 0 aliphatic rings. The number of benzene rings is 1. The van der Waals surface area contributed by atoms with Crippen molar-refractivity contribution < 1.29 is 8.60 Å². The van der Waals surface area contributed by atoms with Crippen LogP contribution in [0.2, 0.25) is 0 Å². The molecule has 4 N–H and O–H groups in total. The maximum atomic E-state index is 13.8. The second-order valence-corrected chi connectivity index (χ2v) is 5.36. The van der Waals surface area contributed by atoms with Crippen LogP contribution >= 0.6 is 0 Å². The average molecular weight is 294 g/mol. The fourth-order valence-electron chi connectivity index (χ4n) is 1.89. The van der Waals surface area contributed by atoms with E-state index in [-0.39, 0.29) is 5.82 Å². The van der Waals surface area contributed by atoms with Crippen molar-refractivity contribution in [2.45, 2.75) is 6.92 Å². The smallest absolute Gasteiger partial charge is 0.153 e. The van der Waals surface area contributed by atoms with Crippen LogP contribution in [0.3, 0.4) is 0 Å². The molecule has 2 rings (SSSR count). The largest absolute Gasteiger partial charge is 0.404 e. The van der Waals surface area contributed by atoms with Gasteiger partial charge in [-0.3, -0.25) is 9.71 Å². The molecule has 0 saturated heterocycles. The molecule has 1 unspecified atom stereocenters. The summed E-state index contributed by atoms with van der Waals surface area (Å²) in [5.74, 6) is -0.320. The summed E-state index contributed by atoms with van der Waals surface area (Å²) in [6.45, 7) is 1.80. The third kappa shape index (κ3) is 2.57. The van der Waals surface area contributed by atoms with E-state index in [9.17, 15) is 8.60 Å². The van der Waals surface area contributed by atoms with Crippen LogP contribution < -0.4 is 10.5 Å². The number of halogens is 1. The van der Waals surface area contributed by atoms with E-state index < -0.39 is 11.0 Å². The van der Waals surface area contributed by atoms with Crippen molar-refractivity contribution >= 4 is 33.8 Å². The maximum absolute atomic E-state index is 13.8. The van der Waals surface area contributed by atoms with Gasteiger partial charge in [0.2, 0.25) is 0 Å². The zero-order valence-electron chi connectivity index (χ0n) is 11.1. The number of nitrogens with zero attached hydrogens (tertiary/aromatic N) is 1. The highest BCUT2D eigenvalue weighted by Gasteiger charge is 2.12. The predicted molar refractivity (Wildman–Crippen MR) is 81.4 cm³/mol. The highest BCUT2D eigenvalue weighted by molar-refractivity contribution is 7.91. The van der Waals surface area contributed by atoms with E-state index in [1.54, 1.807) is 20.2 Å². The molecule has 7 heteroatoms. The van der Waals surface area contributed by atoms with Gasteiger partial charge in [-0.05, 0) is 24.6 Å². The molecule has 1 atom stereocenters. The van der Waals surface area contributed by atoms with Crippen LogP contribution in [0.4, 0.5) is 10.1 Å². The summed E-state index contributed by atoms with van der Waals surface area (Å²) >= 11 is 0. The number of hydrogen-bond donors (Lipinski definition) is 3. The Morgan fingerprint density at radius 1 is 1.55 bits per heavy atom. The Labute approximate surface area is 118 Å². The first-order valence-corrected chi connectivity index (χ1v) is 7.02. The minimum Gasteiger partial charge on any atom is -0.404 e. The Morgan fingerprint density at radius 2 is 2.30 bits per heavy atom. The minimum absolute atomic E-state index is 0.320. The summed E-state index contributed by atoms with van der Waals surface area (Å²) in [4.78, 5) is 7.09. The van der Waals surface area contributed by atoms with E-state index in [4.69, 9.17) is 5.73 Å². The van der Waals surface area contributed by atoms with Crippen molar-refractivity contribution in [3.63, 3.8) is 0 Å². The molecule has 0 aliphatic heterocycles. The van der Waals surface area contributed by atoms with Crippen molar-refractivity contribution in [3.8, 4) is 0 Å². The summed E-state index contributed by atoms with van der Waals surface area (Å²) in [7, 11) is -0.00707. The van der Waals surface area contributed by atoms with Crippen LogP contribution in [0.15, 0.2) is 34.4 Å². The van der Waals surface area contributed by atoms with Gasteiger partial charge in [-0.15, -0.1) is 0 Å². The van der Waals surface area contributed by atoms with E-state index in [1.807, 2.05) is 0 Å². The van der Waals surface area contributed by atoms with Gasteiger partial charge < -0.3 is 10.7 Å². The lowest BCUT2D eigenvalue weighted by atomic mass is 10.1. The van der Waals surface area contributed by atoms with Crippen molar-refractivity contribution in [3.05, 3.63) is 40.8 Å². The summed E-state index contributed by atoms with van der Waals surface area (Å²) in [6.07, 6.45) is 4.33. The first kappa shape index (κ1) is 14.3. The van der Waals surface area contributed by atoms with Crippen LogP contribution in [-0.4, -0.2) is 22.5 Å². The highest BCUT2D eigenvalue weighted by atomic mass is 32.2. The molecule has 106 valence electrons. The molecule has 0 radical (unpaired) electrons. The van der Waals surface area contributed by atoms with E-state index in [0.29, 0.717) is 21.5 Å². The lowest BCUT2D eigenvalue weighted by Gasteiger charge is -2.08. The van der Waals surface area contributed by atoms with Gasteiger partial charge in [0.05, 0.1) is 16.1 Å². The van der Waals surface area contributed by atoms with Crippen LogP contribution in [-0.2, 0) is 11.0 Å². The lowest BCUT2D eigenvalue weighted by Crippen LogP contribution is -2.10. The highest BCUT2D eigenvalue weighted by Crippen LogP contribution is 2.28. The number of nitrogens with one attached hydrogen (secondary N) is 2. The molecular formula is C13H15FN4OS. The summed E-state index contributed by atoms with van der Waals surface area (Å²) in [5, 5.41) is 0.481. The molecule has 0 amide bonds. The van der Waals surface area contributed by atoms with Gasteiger partial charge in [-0.2, -0.15) is 0 Å². The normalized spacial score (nSPS) is 14.1. The average Bonchev–Trinajstić information content (AvgIpc) is 2.82. The Bertz CT molecular complexity index is 720. The molecule has 1 aromatic carbocycles. The van der Waals surface area contributed by atoms with Crippen molar-refractivity contribution in [1.82, 2.24) is 4.98 Å². The molecule has 0 fully saturated rings. The van der Waals surface area contributed by atoms with E-state index in [1.165, 1.54) is 24.5 Å². The minimum atomic E-state index is -1.57. The SMILES string of the molecule is CN=C/C(=C\N)S(=O)Nc1ccc(F)c2c(C)c[nH]c12. The number of rotatable bonds is 4. The molecule has 0 aliphatic carbocycles. The van der Waals surface area contributed by atoms with Crippen LogP contribution in [0.5, 0.6) is 0 Å². The monoisotopic (exact) mass is 294 g/mol. The molecule has 0 bridgehead atoms. The van der Waals surface area contributed by atoms with Gasteiger partial charge in [0.15, 0.2) is 11.0 Å². The molecule has 0 spiro atoms. The number of aliphatic imine (C=N–C) groups is 1. The number of anilines is 1. The first-order chi connectivity index (χ1) is 9.58. The molecule has 1 heterocycles. The quantitative estimate of drug-likeness (QED) is 0.755. The topological polar surface area (TPSA) is 83.3 Å². The van der Waals surface area contributed by atoms with Crippen molar-refractivity contribution in [2.75, 3.05) is 11.8 Å². The predicted octanol–water partition coefficient (Wildman–Crippen LogP) is 2.19. The standard InChI is InChI=1S/C13H15FN4OS/c1-8-6-17-13-11(4-3-10(14)12(8)13)18-20(19)9(5-15)7-16-2/h3-7,17-18H,15H2,1-2H3/b9-5+,16-7?. The first-order valence-electron chi connectivity index (χ1n) is 5.87. The van der Waals surface area contributed by atoms with E-state index in [2.05, 4.69) is 14.7 Å². The Kier molecular flexibility index (Phi) is 4.19. The molecule has 20 heavy (non-hydrogen) atoms. The van der Waals surface area contributed by atoms with Gasteiger partial charge in [-0.25, -0.2) is 8.60 Å². The molecule has 1 aromatic heterocycles. The van der Waals surface area contributed by atoms with Gasteiger partial charge in [0.1, 0.15) is 5.82 Å². The van der Waals surface area contributed by atoms with Crippen LogP contribution in [0.25, 0.3) is 10.9 Å². The molecule has 5 nitrogen and oxygen atoms in total. The Morgan fingerprint density at radius 3 is 2.95 bits per heavy atom. The number of H-pyrrole nitrogens is 1. The zero-order valence-corrected chi connectivity index (χ0v) is 11.9. The molecular weight excluding hydrogens is 279 g/mol. The maximum Gasteiger partial charge on any atom is 0.153 e.